The second kappa shape index (κ2) is 6.50. The number of carbonyl (C=O) groups excluding carboxylic acids is 1. The van der Waals surface area contributed by atoms with Gasteiger partial charge in [0.15, 0.2) is 0 Å². The second-order valence-corrected chi connectivity index (χ2v) is 4.18. The number of aliphatic hydroxyl groups excluding tert-OH is 1. The van der Waals surface area contributed by atoms with Crippen LogP contribution in [0.25, 0.3) is 0 Å². The van der Waals surface area contributed by atoms with Crippen LogP contribution in [0.5, 0.6) is 0 Å². The van der Waals surface area contributed by atoms with Crippen LogP contribution in [0.15, 0.2) is 42.6 Å². The van der Waals surface area contributed by atoms with Gasteiger partial charge in [0, 0.05) is 28.7 Å². The van der Waals surface area contributed by atoms with E-state index < -0.39 is 0 Å². The van der Waals surface area contributed by atoms with Gasteiger partial charge in [-0.2, -0.15) is 0 Å². The number of aryl methyl sites for hydroxylation is 1. The Morgan fingerprint density at radius 2 is 2.20 bits per heavy atom. The van der Waals surface area contributed by atoms with E-state index in [-0.39, 0.29) is 12.5 Å². The van der Waals surface area contributed by atoms with Crippen LogP contribution in [0.1, 0.15) is 21.6 Å². The van der Waals surface area contributed by atoms with Crippen molar-refractivity contribution in [3.8, 4) is 11.8 Å². The zero-order chi connectivity index (χ0) is 14.4. The van der Waals surface area contributed by atoms with E-state index in [0.717, 1.165) is 5.69 Å². The average molecular weight is 266 g/mol. The van der Waals surface area contributed by atoms with Gasteiger partial charge < -0.3 is 10.4 Å². The fourth-order valence-electron chi connectivity index (χ4n) is 1.71. The first-order valence-corrected chi connectivity index (χ1v) is 6.13. The Balaban J connectivity index is 2.17. The number of nitrogens with one attached hydrogen (secondary N) is 1. The van der Waals surface area contributed by atoms with Crippen molar-refractivity contribution in [2.24, 2.45) is 0 Å². The van der Waals surface area contributed by atoms with E-state index in [2.05, 4.69) is 22.1 Å². The Kier molecular flexibility index (Phi) is 4.48. The smallest absolute Gasteiger partial charge is 0.255 e. The quantitative estimate of drug-likeness (QED) is 0.817. The minimum absolute atomic E-state index is 0.202. The van der Waals surface area contributed by atoms with E-state index in [9.17, 15) is 4.79 Å². The van der Waals surface area contributed by atoms with E-state index >= 15 is 0 Å². The third-order valence-corrected chi connectivity index (χ3v) is 2.59. The third kappa shape index (κ3) is 3.67. The van der Waals surface area contributed by atoms with Gasteiger partial charge in [0.2, 0.25) is 0 Å². The molecule has 2 N–H and O–H groups in total. The topological polar surface area (TPSA) is 62.2 Å². The molecular formula is C16H14N2O2. The molecule has 0 aliphatic rings. The molecule has 0 radical (unpaired) electrons. The van der Waals surface area contributed by atoms with E-state index in [1.165, 1.54) is 0 Å². The molecule has 0 unspecified atom stereocenters. The maximum absolute atomic E-state index is 12.1. The summed E-state index contributed by atoms with van der Waals surface area (Å²) in [6.45, 7) is 1.66. The summed E-state index contributed by atoms with van der Waals surface area (Å²) in [5.74, 6) is 5.12. The lowest BCUT2D eigenvalue weighted by Gasteiger charge is -2.06. The molecule has 0 saturated heterocycles. The fraction of sp³-hybridized carbons (Fsp3) is 0.125. The molecule has 0 spiro atoms. The normalized spacial score (nSPS) is 9.50. The molecule has 0 fully saturated rings. The molecule has 0 aliphatic heterocycles. The number of amides is 1. The number of hydrogen-bond acceptors (Lipinski definition) is 3. The number of anilines is 1. The van der Waals surface area contributed by atoms with Crippen molar-refractivity contribution in [3.05, 3.63) is 59.4 Å². The van der Waals surface area contributed by atoms with Gasteiger partial charge in [-0.3, -0.25) is 9.78 Å². The molecule has 100 valence electrons. The van der Waals surface area contributed by atoms with E-state index in [0.29, 0.717) is 16.8 Å². The molecule has 1 amide bonds. The molecule has 1 aromatic carbocycles. The van der Waals surface area contributed by atoms with Crippen LogP contribution in [0.2, 0.25) is 0 Å². The number of aromatic nitrogens is 1. The summed E-state index contributed by atoms with van der Waals surface area (Å²) in [5.41, 5.74) is 2.75. The molecule has 1 heterocycles. The standard InChI is InChI=1S/C16H14N2O2/c1-12-10-15(7-8-17-12)18-16(20)14-6-2-4-13(11-14)5-3-9-19/h2,4,6-8,10-11,19H,9H2,1H3,(H,17,18,20). The van der Waals surface area contributed by atoms with Crippen molar-refractivity contribution in [1.29, 1.82) is 0 Å². The molecule has 0 atom stereocenters. The third-order valence-electron chi connectivity index (χ3n) is 2.59. The minimum Gasteiger partial charge on any atom is -0.384 e. The van der Waals surface area contributed by atoms with Gasteiger partial charge in [-0.25, -0.2) is 0 Å². The summed E-state index contributed by atoms with van der Waals surface area (Å²) in [4.78, 5) is 16.2. The highest BCUT2D eigenvalue weighted by Gasteiger charge is 2.06. The predicted molar refractivity (Wildman–Crippen MR) is 77.3 cm³/mol. The first-order chi connectivity index (χ1) is 9.69. The molecule has 2 aromatic rings. The van der Waals surface area contributed by atoms with Gasteiger partial charge in [-0.15, -0.1) is 0 Å². The summed E-state index contributed by atoms with van der Waals surface area (Å²) in [5, 5.41) is 11.5. The van der Waals surface area contributed by atoms with Gasteiger partial charge >= 0.3 is 0 Å². The summed E-state index contributed by atoms with van der Waals surface area (Å²) in [6, 6.07) is 10.5. The highest BCUT2D eigenvalue weighted by Crippen LogP contribution is 2.11. The Labute approximate surface area is 117 Å². The SMILES string of the molecule is Cc1cc(NC(=O)c2cccc(C#CCO)c2)ccn1. The number of pyridine rings is 1. The monoisotopic (exact) mass is 266 g/mol. The van der Waals surface area contributed by atoms with Crippen LogP contribution in [-0.2, 0) is 0 Å². The lowest BCUT2D eigenvalue weighted by molar-refractivity contribution is 0.102. The van der Waals surface area contributed by atoms with Crippen molar-refractivity contribution in [1.82, 2.24) is 4.98 Å². The largest absolute Gasteiger partial charge is 0.384 e. The maximum Gasteiger partial charge on any atom is 0.255 e. The summed E-state index contributed by atoms with van der Waals surface area (Å²) in [6.07, 6.45) is 1.65. The molecular weight excluding hydrogens is 252 g/mol. The van der Waals surface area contributed by atoms with Gasteiger partial charge in [0.05, 0.1) is 0 Å². The van der Waals surface area contributed by atoms with Gasteiger partial charge in [-0.05, 0) is 37.3 Å². The Bertz CT molecular complexity index is 684. The van der Waals surface area contributed by atoms with E-state index in [1.54, 1.807) is 42.6 Å². The fourth-order valence-corrected chi connectivity index (χ4v) is 1.71. The average Bonchev–Trinajstić information content (AvgIpc) is 2.45. The Morgan fingerprint density at radius 1 is 1.35 bits per heavy atom. The highest BCUT2D eigenvalue weighted by molar-refractivity contribution is 6.04. The van der Waals surface area contributed by atoms with Gasteiger partial charge in [-0.1, -0.05) is 17.9 Å². The van der Waals surface area contributed by atoms with Crippen LogP contribution >= 0.6 is 0 Å². The number of aliphatic hydroxyl groups is 1. The van der Waals surface area contributed by atoms with Gasteiger partial charge in [0.25, 0.3) is 5.91 Å². The van der Waals surface area contributed by atoms with Crippen LogP contribution < -0.4 is 5.32 Å². The van der Waals surface area contributed by atoms with Crippen LogP contribution in [0, 0.1) is 18.8 Å². The predicted octanol–water partition coefficient (Wildman–Crippen LogP) is 1.99. The molecule has 0 saturated carbocycles. The molecule has 1 aromatic heterocycles. The summed E-state index contributed by atoms with van der Waals surface area (Å²) >= 11 is 0. The van der Waals surface area contributed by atoms with Crippen LogP contribution in [0.4, 0.5) is 5.69 Å². The molecule has 2 rings (SSSR count). The Hall–Kier alpha value is -2.64. The maximum atomic E-state index is 12.1. The van der Waals surface area contributed by atoms with Crippen molar-refractivity contribution in [2.45, 2.75) is 6.92 Å². The lowest BCUT2D eigenvalue weighted by Crippen LogP contribution is -2.12. The molecule has 20 heavy (non-hydrogen) atoms. The molecule has 4 heteroatoms. The van der Waals surface area contributed by atoms with Crippen molar-refractivity contribution in [3.63, 3.8) is 0 Å². The minimum atomic E-state index is -0.205. The second-order valence-electron chi connectivity index (χ2n) is 4.18. The molecule has 0 bridgehead atoms. The first-order valence-electron chi connectivity index (χ1n) is 6.13. The lowest BCUT2D eigenvalue weighted by atomic mass is 10.1. The zero-order valence-electron chi connectivity index (χ0n) is 11.1. The number of rotatable bonds is 2. The van der Waals surface area contributed by atoms with Gasteiger partial charge in [0.1, 0.15) is 6.61 Å². The molecule has 4 nitrogen and oxygen atoms in total. The molecule has 0 aliphatic carbocycles. The number of nitrogens with zero attached hydrogens (tertiary/aromatic N) is 1. The number of hydrogen-bond donors (Lipinski definition) is 2. The van der Waals surface area contributed by atoms with Crippen molar-refractivity contribution >= 4 is 11.6 Å². The summed E-state index contributed by atoms with van der Waals surface area (Å²) < 4.78 is 0. The van der Waals surface area contributed by atoms with E-state index in [4.69, 9.17) is 5.11 Å². The highest BCUT2D eigenvalue weighted by atomic mass is 16.2. The summed E-state index contributed by atoms with van der Waals surface area (Å²) in [7, 11) is 0. The Morgan fingerprint density at radius 3 is 2.95 bits per heavy atom. The first kappa shape index (κ1) is 13.8. The van der Waals surface area contributed by atoms with Crippen LogP contribution in [-0.4, -0.2) is 22.6 Å². The number of benzene rings is 1. The van der Waals surface area contributed by atoms with E-state index in [1.807, 2.05) is 6.92 Å². The van der Waals surface area contributed by atoms with Crippen molar-refractivity contribution < 1.29 is 9.90 Å². The number of carbonyl (C=O) groups is 1. The zero-order valence-corrected chi connectivity index (χ0v) is 11.1. The van der Waals surface area contributed by atoms with Crippen molar-refractivity contribution in [2.75, 3.05) is 11.9 Å². The van der Waals surface area contributed by atoms with Crippen LogP contribution in [0.3, 0.4) is 0 Å².